The highest BCUT2D eigenvalue weighted by molar-refractivity contribution is 7.32. The predicted octanol–water partition coefficient (Wildman–Crippen LogP) is 4.14. The summed E-state index contributed by atoms with van der Waals surface area (Å²) in [5.74, 6) is 0.161. The summed E-state index contributed by atoms with van der Waals surface area (Å²) >= 11 is 0. The monoisotopic (exact) mass is 722 g/mol. The number of aromatic amines is 1. The SMILES string of the molecule is COc1ccc(C(OC[C@H]2O[C@@H](n3nnc4c(=O)[nH]c(NC(=O)C(C)C)nc43)[C@@H](O[PH](=O)O)[C@@H]2F)(c2ccccc2)c2ccc(OC)cc2)cc1. The fourth-order valence-electron chi connectivity index (χ4n) is 5.88. The molecule has 15 nitrogen and oxygen atoms in total. The maximum absolute atomic E-state index is 16.5. The molecule has 0 saturated carbocycles. The molecule has 17 heteroatoms. The second-order valence-corrected chi connectivity index (χ2v) is 12.7. The van der Waals surface area contributed by atoms with E-state index in [0.717, 1.165) is 4.68 Å². The van der Waals surface area contributed by atoms with E-state index >= 15 is 4.39 Å². The van der Waals surface area contributed by atoms with Crippen LogP contribution in [0.15, 0.2) is 83.7 Å². The second-order valence-electron chi connectivity index (χ2n) is 11.9. The number of amides is 1. The Hall–Kier alpha value is -4.99. The van der Waals surface area contributed by atoms with Crippen LogP contribution in [0.1, 0.15) is 36.8 Å². The number of alkyl halides is 1. The van der Waals surface area contributed by atoms with E-state index in [9.17, 15) is 19.0 Å². The first-order chi connectivity index (χ1) is 24.5. The van der Waals surface area contributed by atoms with Crippen LogP contribution in [-0.4, -0.2) is 75.0 Å². The number of carbonyl (C=O) groups excluding carboxylic acids is 1. The molecule has 2 aromatic heterocycles. The zero-order valence-electron chi connectivity index (χ0n) is 28.0. The Morgan fingerprint density at radius 2 is 1.61 bits per heavy atom. The molecule has 268 valence electrons. The van der Waals surface area contributed by atoms with E-state index in [1.165, 1.54) is 0 Å². The molecule has 3 N–H and O–H groups in total. The van der Waals surface area contributed by atoms with Gasteiger partial charge in [0.25, 0.3) is 5.56 Å². The standard InChI is InChI=1S/C34H36FN6O9P/c1-19(2)30(42)37-33-36-29-27(31(43)38-33)39-40-41(29)32-28(50-51(44)45)26(35)25(49-32)18-48-34(20-8-6-5-7-9-20,21-10-14-23(46-3)15-11-21)22-12-16-24(47-4)17-13-22/h5-17,19,25-26,28,32,51H,18H2,1-4H3,(H,44,45)(H2,36,37,38,42,43)/t25-,26-,28+,32-/m1/s1. The number of carbonyl (C=O) groups is 1. The third-order valence-electron chi connectivity index (χ3n) is 8.48. The van der Waals surface area contributed by atoms with Crippen LogP contribution in [0.3, 0.4) is 0 Å². The van der Waals surface area contributed by atoms with Gasteiger partial charge in [-0.15, -0.1) is 5.10 Å². The number of rotatable bonds is 13. The number of hydrogen-bond donors (Lipinski definition) is 3. The Balaban J connectivity index is 1.40. The van der Waals surface area contributed by atoms with Gasteiger partial charge in [0.15, 0.2) is 23.6 Å². The zero-order chi connectivity index (χ0) is 36.3. The Labute approximate surface area is 291 Å². The highest BCUT2D eigenvalue weighted by Crippen LogP contribution is 2.44. The molecule has 1 aliphatic heterocycles. The largest absolute Gasteiger partial charge is 0.497 e. The number of halogens is 1. The van der Waals surface area contributed by atoms with Crippen molar-refractivity contribution in [2.75, 3.05) is 26.1 Å². The van der Waals surface area contributed by atoms with E-state index < -0.39 is 62.5 Å². The second kappa shape index (κ2) is 15.1. The van der Waals surface area contributed by atoms with Crippen LogP contribution in [0.5, 0.6) is 11.5 Å². The fourth-order valence-corrected chi connectivity index (χ4v) is 6.36. The number of ether oxygens (including phenoxy) is 4. The molecule has 3 heterocycles. The molecule has 5 aromatic rings. The van der Waals surface area contributed by atoms with Crippen molar-refractivity contribution in [2.24, 2.45) is 5.92 Å². The smallest absolute Gasteiger partial charge is 0.317 e. The van der Waals surface area contributed by atoms with Gasteiger partial charge in [0.2, 0.25) is 11.9 Å². The molecular weight excluding hydrogens is 686 g/mol. The molecule has 1 aliphatic rings. The van der Waals surface area contributed by atoms with Crippen LogP contribution in [0, 0.1) is 5.92 Å². The zero-order valence-corrected chi connectivity index (χ0v) is 29.0. The summed E-state index contributed by atoms with van der Waals surface area (Å²) in [6.07, 6.45) is -6.63. The number of anilines is 1. The minimum Gasteiger partial charge on any atom is -0.497 e. The summed E-state index contributed by atoms with van der Waals surface area (Å²) in [4.78, 5) is 41.6. The van der Waals surface area contributed by atoms with Crippen molar-refractivity contribution in [3.8, 4) is 11.5 Å². The summed E-state index contributed by atoms with van der Waals surface area (Å²) in [5.41, 5.74) is -0.425. The summed E-state index contributed by atoms with van der Waals surface area (Å²) in [6, 6.07) is 23.8. The molecule has 1 amide bonds. The van der Waals surface area contributed by atoms with Crippen molar-refractivity contribution < 1.29 is 42.1 Å². The van der Waals surface area contributed by atoms with E-state index in [-0.39, 0.29) is 17.1 Å². The van der Waals surface area contributed by atoms with Gasteiger partial charge in [-0.25, -0.2) is 4.39 Å². The number of fused-ring (bicyclic) bond motifs is 1. The topological polar surface area (TPSA) is 189 Å². The predicted molar refractivity (Wildman–Crippen MR) is 183 cm³/mol. The van der Waals surface area contributed by atoms with E-state index in [0.29, 0.717) is 28.2 Å². The van der Waals surface area contributed by atoms with Crippen molar-refractivity contribution in [1.29, 1.82) is 0 Å². The number of aromatic nitrogens is 5. The molecule has 5 atom stereocenters. The van der Waals surface area contributed by atoms with Gasteiger partial charge in [-0.05, 0) is 41.0 Å². The molecule has 1 fully saturated rings. The average Bonchev–Trinajstić information content (AvgIpc) is 3.69. The highest BCUT2D eigenvalue weighted by Gasteiger charge is 2.50. The van der Waals surface area contributed by atoms with Crippen LogP contribution in [0.2, 0.25) is 0 Å². The molecule has 0 bridgehead atoms. The van der Waals surface area contributed by atoms with Gasteiger partial charge in [0.05, 0.1) is 20.8 Å². The third kappa shape index (κ3) is 7.14. The Morgan fingerprint density at radius 1 is 1.02 bits per heavy atom. The first-order valence-corrected chi connectivity index (χ1v) is 17.2. The van der Waals surface area contributed by atoms with Crippen molar-refractivity contribution in [3.05, 3.63) is 106 Å². The lowest BCUT2D eigenvalue weighted by atomic mass is 9.80. The van der Waals surface area contributed by atoms with Gasteiger partial charge in [-0.2, -0.15) is 9.67 Å². The molecular formula is C34H36FN6O9P. The van der Waals surface area contributed by atoms with Crippen LogP contribution >= 0.6 is 8.25 Å². The van der Waals surface area contributed by atoms with Gasteiger partial charge in [-0.3, -0.25) is 29.0 Å². The van der Waals surface area contributed by atoms with Crippen molar-refractivity contribution in [1.82, 2.24) is 25.0 Å². The van der Waals surface area contributed by atoms with Crippen LogP contribution in [-0.2, 0) is 29.0 Å². The number of nitrogens with zero attached hydrogens (tertiary/aromatic N) is 4. The number of hydrogen-bond acceptors (Lipinski definition) is 11. The number of H-pyrrole nitrogens is 1. The fraction of sp³-hybridized carbons (Fsp3) is 0.324. The van der Waals surface area contributed by atoms with E-state index in [4.69, 9.17) is 23.5 Å². The Bertz CT molecular complexity index is 2010. The molecule has 3 aromatic carbocycles. The molecule has 6 rings (SSSR count). The number of nitrogens with one attached hydrogen (secondary N) is 2. The minimum atomic E-state index is -3.71. The maximum Gasteiger partial charge on any atom is 0.317 e. The first-order valence-electron chi connectivity index (χ1n) is 15.9. The summed E-state index contributed by atoms with van der Waals surface area (Å²) in [5, 5.41) is 10.3. The third-order valence-corrected chi connectivity index (χ3v) is 8.95. The highest BCUT2D eigenvalue weighted by atomic mass is 31.1. The molecule has 51 heavy (non-hydrogen) atoms. The molecule has 1 saturated heterocycles. The number of methoxy groups -OCH3 is 2. The van der Waals surface area contributed by atoms with Gasteiger partial charge in [0, 0.05) is 5.92 Å². The minimum absolute atomic E-state index is 0.183. The molecule has 0 spiro atoms. The maximum atomic E-state index is 16.5. The normalized spacial score (nSPS) is 19.7. The van der Waals surface area contributed by atoms with Crippen LogP contribution < -0.4 is 20.3 Å². The number of benzene rings is 3. The quantitative estimate of drug-likeness (QED) is 0.117. The first kappa shape index (κ1) is 35.8. The lowest BCUT2D eigenvalue weighted by Gasteiger charge is -2.37. The van der Waals surface area contributed by atoms with Crippen molar-refractivity contribution in [2.45, 2.75) is 44.1 Å². The Kier molecular flexibility index (Phi) is 10.6. The van der Waals surface area contributed by atoms with E-state index in [1.54, 1.807) is 52.3 Å². The van der Waals surface area contributed by atoms with Crippen molar-refractivity contribution in [3.63, 3.8) is 0 Å². The Morgan fingerprint density at radius 3 is 2.16 bits per heavy atom. The van der Waals surface area contributed by atoms with Gasteiger partial charge in [-0.1, -0.05) is 73.7 Å². The summed E-state index contributed by atoms with van der Waals surface area (Å²) in [7, 11) is -0.602. The van der Waals surface area contributed by atoms with Crippen LogP contribution in [0.4, 0.5) is 10.3 Å². The lowest BCUT2D eigenvalue weighted by molar-refractivity contribution is -0.118. The van der Waals surface area contributed by atoms with Crippen molar-refractivity contribution >= 4 is 31.3 Å². The summed E-state index contributed by atoms with van der Waals surface area (Å²) in [6.45, 7) is 2.91. The van der Waals surface area contributed by atoms with E-state index in [1.807, 2.05) is 54.6 Å². The van der Waals surface area contributed by atoms with Gasteiger partial charge in [0.1, 0.15) is 29.3 Å². The summed E-state index contributed by atoms with van der Waals surface area (Å²) < 4.78 is 58.3. The molecule has 0 radical (unpaired) electrons. The average molecular weight is 723 g/mol. The van der Waals surface area contributed by atoms with Crippen LogP contribution in [0.25, 0.3) is 11.2 Å². The van der Waals surface area contributed by atoms with Gasteiger partial charge >= 0.3 is 8.25 Å². The van der Waals surface area contributed by atoms with E-state index in [2.05, 4.69) is 25.6 Å². The molecule has 0 aliphatic carbocycles. The lowest BCUT2D eigenvalue weighted by Crippen LogP contribution is -2.38. The van der Waals surface area contributed by atoms with Gasteiger partial charge < -0.3 is 23.8 Å². The molecule has 1 unspecified atom stereocenters.